The summed E-state index contributed by atoms with van der Waals surface area (Å²) in [6.07, 6.45) is 3.52. The quantitative estimate of drug-likeness (QED) is 0.866. The average molecular weight is 245 g/mol. The molecule has 94 valence electrons. The average Bonchev–Trinajstić information content (AvgIpc) is 2.78. The molecular formula is C13H15N3O2. The SMILES string of the molecule is CN(CC(=O)O)c1cnn(Cc2ccccc2)c1. The van der Waals surface area contributed by atoms with Gasteiger partial charge in [0.1, 0.15) is 6.54 Å². The lowest BCUT2D eigenvalue weighted by molar-refractivity contribution is -0.135. The number of likely N-dealkylation sites (N-methyl/N-ethyl adjacent to an activating group) is 1. The molecule has 0 amide bonds. The standard InChI is InChI=1S/C13H15N3O2/c1-15(10-13(17)18)12-7-14-16(9-12)8-11-5-3-2-4-6-11/h2-7,9H,8,10H2,1H3,(H,17,18). The minimum Gasteiger partial charge on any atom is -0.480 e. The van der Waals surface area contributed by atoms with E-state index in [1.807, 2.05) is 36.5 Å². The van der Waals surface area contributed by atoms with Crippen molar-refractivity contribution in [2.45, 2.75) is 6.54 Å². The minimum absolute atomic E-state index is 0.0307. The number of benzene rings is 1. The van der Waals surface area contributed by atoms with Gasteiger partial charge in [-0.3, -0.25) is 9.48 Å². The molecule has 5 nitrogen and oxygen atoms in total. The summed E-state index contributed by atoms with van der Waals surface area (Å²) in [5, 5.41) is 12.9. The van der Waals surface area contributed by atoms with Crippen LogP contribution >= 0.6 is 0 Å². The van der Waals surface area contributed by atoms with Gasteiger partial charge in [-0.05, 0) is 5.56 Å². The fourth-order valence-corrected chi connectivity index (χ4v) is 1.70. The smallest absolute Gasteiger partial charge is 0.323 e. The first kappa shape index (κ1) is 12.2. The van der Waals surface area contributed by atoms with Crippen LogP contribution in [0, 0.1) is 0 Å². The molecule has 0 bridgehead atoms. The zero-order chi connectivity index (χ0) is 13.0. The fourth-order valence-electron chi connectivity index (χ4n) is 1.70. The van der Waals surface area contributed by atoms with Crippen LogP contribution in [0.1, 0.15) is 5.56 Å². The Morgan fingerprint density at radius 1 is 1.39 bits per heavy atom. The first-order valence-corrected chi connectivity index (χ1v) is 5.64. The Morgan fingerprint density at radius 3 is 2.78 bits per heavy atom. The second-order valence-electron chi connectivity index (χ2n) is 4.13. The Morgan fingerprint density at radius 2 is 2.11 bits per heavy atom. The van der Waals surface area contributed by atoms with Crippen molar-refractivity contribution in [2.75, 3.05) is 18.5 Å². The second kappa shape index (κ2) is 5.35. The molecular weight excluding hydrogens is 230 g/mol. The first-order chi connectivity index (χ1) is 8.65. The normalized spacial score (nSPS) is 10.3. The van der Waals surface area contributed by atoms with Gasteiger partial charge in [0.05, 0.1) is 18.4 Å². The van der Waals surface area contributed by atoms with Crippen molar-refractivity contribution >= 4 is 11.7 Å². The van der Waals surface area contributed by atoms with Crippen molar-refractivity contribution in [1.82, 2.24) is 9.78 Å². The number of anilines is 1. The summed E-state index contributed by atoms with van der Waals surface area (Å²) < 4.78 is 1.79. The summed E-state index contributed by atoms with van der Waals surface area (Å²) in [6.45, 7) is 0.652. The zero-order valence-corrected chi connectivity index (χ0v) is 10.2. The largest absolute Gasteiger partial charge is 0.480 e. The predicted octanol–water partition coefficient (Wildman–Crippen LogP) is 1.45. The van der Waals surface area contributed by atoms with Gasteiger partial charge in [0, 0.05) is 13.2 Å². The van der Waals surface area contributed by atoms with Crippen molar-refractivity contribution in [2.24, 2.45) is 0 Å². The van der Waals surface area contributed by atoms with E-state index in [0.29, 0.717) is 6.54 Å². The van der Waals surface area contributed by atoms with Crippen LogP contribution in [-0.4, -0.2) is 34.4 Å². The first-order valence-electron chi connectivity index (χ1n) is 5.64. The number of carboxylic acids is 1. The van der Waals surface area contributed by atoms with Crippen molar-refractivity contribution in [3.63, 3.8) is 0 Å². The van der Waals surface area contributed by atoms with Gasteiger partial charge in [-0.1, -0.05) is 30.3 Å². The molecule has 0 spiro atoms. The second-order valence-corrected chi connectivity index (χ2v) is 4.13. The molecule has 2 rings (SSSR count). The van der Waals surface area contributed by atoms with Crippen LogP contribution in [0.25, 0.3) is 0 Å². The highest BCUT2D eigenvalue weighted by Crippen LogP contribution is 2.11. The molecule has 0 saturated heterocycles. The molecule has 0 aliphatic carbocycles. The summed E-state index contributed by atoms with van der Waals surface area (Å²) in [5.74, 6) is -0.853. The van der Waals surface area contributed by atoms with E-state index < -0.39 is 5.97 Å². The number of hydrogen-bond acceptors (Lipinski definition) is 3. The maximum Gasteiger partial charge on any atom is 0.323 e. The summed E-state index contributed by atoms with van der Waals surface area (Å²) in [7, 11) is 1.73. The molecule has 0 fully saturated rings. The molecule has 18 heavy (non-hydrogen) atoms. The van der Waals surface area contributed by atoms with Gasteiger partial charge in [-0.25, -0.2) is 0 Å². The van der Waals surface area contributed by atoms with E-state index in [0.717, 1.165) is 11.3 Å². The molecule has 1 heterocycles. The molecule has 2 aromatic rings. The molecule has 5 heteroatoms. The lowest BCUT2D eigenvalue weighted by atomic mass is 10.2. The van der Waals surface area contributed by atoms with Gasteiger partial charge in [0.2, 0.25) is 0 Å². The Balaban J connectivity index is 2.04. The van der Waals surface area contributed by atoms with Crippen molar-refractivity contribution in [3.8, 4) is 0 Å². The van der Waals surface area contributed by atoms with Crippen LogP contribution in [0.15, 0.2) is 42.7 Å². The molecule has 0 radical (unpaired) electrons. The van der Waals surface area contributed by atoms with Crippen LogP contribution in [-0.2, 0) is 11.3 Å². The molecule has 0 atom stereocenters. The highest BCUT2D eigenvalue weighted by atomic mass is 16.4. The van der Waals surface area contributed by atoms with Gasteiger partial charge < -0.3 is 10.0 Å². The van der Waals surface area contributed by atoms with Gasteiger partial charge in [-0.2, -0.15) is 5.10 Å². The van der Waals surface area contributed by atoms with E-state index in [1.54, 1.807) is 22.8 Å². The molecule has 0 saturated carbocycles. The molecule has 1 aromatic heterocycles. The number of rotatable bonds is 5. The van der Waals surface area contributed by atoms with Crippen LogP contribution < -0.4 is 4.90 Å². The van der Waals surface area contributed by atoms with E-state index >= 15 is 0 Å². The summed E-state index contributed by atoms with van der Waals surface area (Å²) >= 11 is 0. The van der Waals surface area contributed by atoms with Crippen molar-refractivity contribution in [1.29, 1.82) is 0 Å². The van der Waals surface area contributed by atoms with Crippen LogP contribution in [0.3, 0.4) is 0 Å². The lowest BCUT2D eigenvalue weighted by Crippen LogP contribution is -2.24. The molecule has 0 aliphatic heterocycles. The number of carboxylic acid groups (broad SMARTS) is 1. The Labute approximate surface area is 105 Å². The number of carbonyl (C=O) groups is 1. The lowest BCUT2D eigenvalue weighted by Gasteiger charge is -2.13. The fraction of sp³-hybridized carbons (Fsp3) is 0.231. The highest BCUT2D eigenvalue weighted by Gasteiger charge is 2.07. The third-order valence-corrected chi connectivity index (χ3v) is 2.62. The van der Waals surface area contributed by atoms with E-state index in [9.17, 15) is 4.79 Å². The van der Waals surface area contributed by atoms with Gasteiger partial charge in [0.15, 0.2) is 0 Å². The number of aromatic nitrogens is 2. The van der Waals surface area contributed by atoms with E-state index in [1.165, 1.54) is 0 Å². The monoisotopic (exact) mass is 245 g/mol. The maximum absolute atomic E-state index is 10.6. The Bertz CT molecular complexity index is 522. The molecule has 0 unspecified atom stereocenters. The van der Waals surface area contributed by atoms with Crippen molar-refractivity contribution in [3.05, 3.63) is 48.3 Å². The Kier molecular flexibility index (Phi) is 3.62. The van der Waals surface area contributed by atoms with Crippen molar-refractivity contribution < 1.29 is 9.90 Å². The number of hydrogen-bond donors (Lipinski definition) is 1. The third kappa shape index (κ3) is 3.10. The summed E-state index contributed by atoms with van der Waals surface area (Å²) in [4.78, 5) is 12.3. The number of aliphatic carboxylic acids is 1. The Hall–Kier alpha value is -2.30. The van der Waals surface area contributed by atoms with E-state index in [4.69, 9.17) is 5.11 Å². The maximum atomic E-state index is 10.6. The molecule has 1 N–H and O–H groups in total. The molecule has 1 aromatic carbocycles. The minimum atomic E-state index is -0.853. The third-order valence-electron chi connectivity index (χ3n) is 2.62. The van der Waals surface area contributed by atoms with Crippen LogP contribution in [0.5, 0.6) is 0 Å². The topological polar surface area (TPSA) is 58.4 Å². The van der Waals surface area contributed by atoms with E-state index in [-0.39, 0.29) is 6.54 Å². The van der Waals surface area contributed by atoms with E-state index in [2.05, 4.69) is 5.10 Å². The summed E-state index contributed by atoms with van der Waals surface area (Å²) in [5.41, 5.74) is 1.96. The van der Waals surface area contributed by atoms with Gasteiger partial charge in [-0.15, -0.1) is 0 Å². The predicted molar refractivity (Wildman–Crippen MR) is 68.7 cm³/mol. The summed E-state index contributed by atoms with van der Waals surface area (Å²) in [6, 6.07) is 10.00. The van der Waals surface area contributed by atoms with Crippen LogP contribution in [0.2, 0.25) is 0 Å². The van der Waals surface area contributed by atoms with Gasteiger partial charge >= 0.3 is 5.97 Å². The molecule has 0 aliphatic rings. The zero-order valence-electron chi connectivity index (χ0n) is 10.2. The number of nitrogens with zero attached hydrogens (tertiary/aromatic N) is 3. The van der Waals surface area contributed by atoms with Gasteiger partial charge in [0.25, 0.3) is 0 Å². The highest BCUT2D eigenvalue weighted by molar-refractivity contribution is 5.73. The van der Waals surface area contributed by atoms with Crippen LogP contribution in [0.4, 0.5) is 5.69 Å².